The molecule has 0 radical (unpaired) electrons. The maximum atomic E-state index is 6.23. The van der Waals surface area contributed by atoms with Gasteiger partial charge >= 0.3 is 0 Å². The Kier molecular flexibility index (Phi) is 4.36. The number of aromatic nitrogens is 1. The maximum absolute atomic E-state index is 6.23. The maximum Gasteiger partial charge on any atom is 0.129 e. The summed E-state index contributed by atoms with van der Waals surface area (Å²) in [5.41, 5.74) is 1.24. The molecule has 0 aliphatic heterocycles. The molecule has 0 unspecified atom stereocenters. The molecule has 2 rings (SSSR count). The van der Waals surface area contributed by atoms with Crippen LogP contribution < -0.4 is 10.2 Å². The third kappa shape index (κ3) is 3.61. The molecule has 106 valence electrons. The standard InChI is InChI=1S/C15H24ClN3/c1-5-15(2,3)19(4)14-8-11(13(16)10-18-14)9-17-12-6-7-12/h8,10,12,17H,5-7,9H2,1-4H3. The lowest BCUT2D eigenvalue weighted by atomic mass is 10.00. The van der Waals surface area contributed by atoms with Gasteiger partial charge in [-0.05, 0) is 44.7 Å². The topological polar surface area (TPSA) is 28.2 Å². The molecular formula is C15H24ClN3. The summed E-state index contributed by atoms with van der Waals surface area (Å²) in [5, 5.41) is 4.25. The number of halogens is 1. The highest BCUT2D eigenvalue weighted by Crippen LogP contribution is 2.27. The third-order valence-electron chi connectivity index (χ3n) is 4.20. The van der Waals surface area contributed by atoms with E-state index >= 15 is 0 Å². The van der Waals surface area contributed by atoms with Gasteiger partial charge in [0.2, 0.25) is 0 Å². The predicted octanol–water partition coefficient (Wildman–Crippen LogP) is 3.61. The van der Waals surface area contributed by atoms with Crippen LogP contribution >= 0.6 is 11.6 Å². The van der Waals surface area contributed by atoms with Crippen molar-refractivity contribution in [2.24, 2.45) is 0 Å². The molecule has 1 aliphatic rings. The van der Waals surface area contributed by atoms with E-state index in [1.165, 1.54) is 12.8 Å². The molecule has 0 bridgehead atoms. The molecule has 0 amide bonds. The Morgan fingerprint density at radius 3 is 2.74 bits per heavy atom. The van der Waals surface area contributed by atoms with E-state index in [1.807, 2.05) is 0 Å². The predicted molar refractivity (Wildman–Crippen MR) is 81.9 cm³/mol. The van der Waals surface area contributed by atoms with Crippen LogP contribution in [0.25, 0.3) is 0 Å². The van der Waals surface area contributed by atoms with Gasteiger partial charge in [-0.15, -0.1) is 0 Å². The van der Waals surface area contributed by atoms with Crippen molar-refractivity contribution in [1.29, 1.82) is 0 Å². The molecule has 1 heterocycles. The number of hydrogen-bond acceptors (Lipinski definition) is 3. The van der Waals surface area contributed by atoms with Gasteiger partial charge in [-0.3, -0.25) is 0 Å². The summed E-state index contributed by atoms with van der Waals surface area (Å²) in [6.45, 7) is 7.48. The first-order valence-corrected chi connectivity index (χ1v) is 7.43. The first-order chi connectivity index (χ1) is 8.94. The zero-order valence-electron chi connectivity index (χ0n) is 12.3. The van der Waals surface area contributed by atoms with E-state index in [2.05, 4.69) is 49.1 Å². The number of nitrogens with zero attached hydrogens (tertiary/aromatic N) is 2. The molecule has 0 saturated heterocycles. The fourth-order valence-corrected chi connectivity index (χ4v) is 2.05. The molecule has 19 heavy (non-hydrogen) atoms. The van der Waals surface area contributed by atoms with Crippen molar-refractivity contribution in [3.8, 4) is 0 Å². The van der Waals surface area contributed by atoms with Gasteiger partial charge in [0.05, 0.1) is 5.02 Å². The lowest BCUT2D eigenvalue weighted by Gasteiger charge is -2.36. The lowest BCUT2D eigenvalue weighted by Crippen LogP contribution is -2.41. The minimum Gasteiger partial charge on any atom is -0.355 e. The van der Waals surface area contributed by atoms with Crippen molar-refractivity contribution >= 4 is 17.4 Å². The molecule has 1 aliphatic carbocycles. The minimum absolute atomic E-state index is 0.0992. The SMILES string of the molecule is CCC(C)(C)N(C)c1cc(CNC2CC2)c(Cl)cn1. The largest absolute Gasteiger partial charge is 0.355 e. The summed E-state index contributed by atoms with van der Waals surface area (Å²) >= 11 is 6.23. The van der Waals surface area contributed by atoms with E-state index in [9.17, 15) is 0 Å². The quantitative estimate of drug-likeness (QED) is 0.863. The van der Waals surface area contributed by atoms with Crippen molar-refractivity contribution in [3.05, 3.63) is 22.8 Å². The zero-order chi connectivity index (χ0) is 14.0. The van der Waals surface area contributed by atoms with Gasteiger partial charge in [0.25, 0.3) is 0 Å². The highest BCUT2D eigenvalue weighted by atomic mass is 35.5. The van der Waals surface area contributed by atoms with Gasteiger partial charge in [0.15, 0.2) is 0 Å². The van der Waals surface area contributed by atoms with E-state index < -0.39 is 0 Å². The van der Waals surface area contributed by atoms with E-state index in [0.29, 0.717) is 6.04 Å². The lowest BCUT2D eigenvalue weighted by molar-refractivity contribution is 0.467. The first-order valence-electron chi connectivity index (χ1n) is 7.05. The summed E-state index contributed by atoms with van der Waals surface area (Å²) in [4.78, 5) is 6.69. The van der Waals surface area contributed by atoms with Crippen LogP contribution in [-0.2, 0) is 6.54 Å². The Bertz CT molecular complexity index is 441. The van der Waals surface area contributed by atoms with Crippen LogP contribution in [0.2, 0.25) is 5.02 Å². The van der Waals surface area contributed by atoms with Gasteiger partial charge in [0, 0.05) is 31.4 Å². The van der Waals surface area contributed by atoms with Crippen molar-refractivity contribution in [1.82, 2.24) is 10.3 Å². The number of nitrogens with one attached hydrogen (secondary N) is 1. The fraction of sp³-hybridized carbons (Fsp3) is 0.667. The summed E-state index contributed by atoms with van der Waals surface area (Å²) in [6.07, 6.45) is 5.42. The molecule has 1 fully saturated rings. The van der Waals surface area contributed by atoms with Crippen molar-refractivity contribution < 1.29 is 0 Å². The van der Waals surface area contributed by atoms with Crippen LogP contribution in [0.1, 0.15) is 45.6 Å². The summed E-state index contributed by atoms with van der Waals surface area (Å²) in [7, 11) is 2.10. The van der Waals surface area contributed by atoms with Crippen LogP contribution in [0.4, 0.5) is 5.82 Å². The second-order valence-corrected chi connectivity index (χ2v) is 6.42. The average Bonchev–Trinajstić information content (AvgIpc) is 3.21. The molecular weight excluding hydrogens is 258 g/mol. The number of hydrogen-bond donors (Lipinski definition) is 1. The van der Waals surface area contributed by atoms with E-state index in [4.69, 9.17) is 11.6 Å². The average molecular weight is 282 g/mol. The van der Waals surface area contributed by atoms with Crippen molar-refractivity contribution in [2.75, 3.05) is 11.9 Å². The minimum atomic E-state index is 0.0992. The van der Waals surface area contributed by atoms with Gasteiger partial charge in [0.1, 0.15) is 5.82 Å². The van der Waals surface area contributed by atoms with Gasteiger partial charge < -0.3 is 10.2 Å². The molecule has 1 saturated carbocycles. The van der Waals surface area contributed by atoms with Crippen molar-refractivity contribution in [2.45, 2.75) is 58.2 Å². The van der Waals surface area contributed by atoms with Crippen LogP contribution in [0, 0.1) is 0 Å². The number of rotatable bonds is 6. The molecule has 4 heteroatoms. The Hall–Kier alpha value is -0.800. The normalized spacial score (nSPS) is 15.6. The highest BCUT2D eigenvalue weighted by Gasteiger charge is 2.24. The summed E-state index contributed by atoms with van der Waals surface area (Å²) in [5.74, 6) is 0.990. The van der Waals surface area contributed by atoms with Crippen LogP contribution in [-0.4, -0.2) is 23.6 Å². The van der Waals surface area contributed by atoms with Gasteiger partial charge in [-0.25, -0.2) is 4.98 Å². The summed E-state index contributed by atoms with van der Waals surface area (Å²) in [6, 6.07) is 2.80. The first kappa shape index (κ1) is 14.6. The van der Waals surface area contributed by atoms with Gasteiger partial charge in [-0.2, -0.15) is 0 Å². The van der Waals surface area contributed by atoms with Crippen molar-refractivity contribution in [3.63, 3.8) is 0 Å². The fourth-order valence-electron chi connectivity index (χ4n) is 1.88. The third-order valence-corrected chi connectivity index (χ3v) is 4.54. The van der Waals surface area contributed by atoms with E-state index in [1.54, 1.807) is 6.20 Å². The second kappa shape index (κ2) is 5.68. The smallest absolute Gasteiger partial charge is 0.129 e. The molecule has 1 aromatic heterocycles. The van der Waals surface area contributed by atoms with Crippen LogP contribution in [0.15, 0.2) is 12.3 Å². The Balaban J connectivity index is 2.14. The number of pyridine rings is 1. The molecule has 0 atom stereocenters. The van der Waals surface area contributed by atoms with Crippen LogP contribution in [0.3, 0.4) is 0 Å². The zero-order valence-corrected chi connectivity index (χ0v) is 13.1. The summed E-state index contributed by atoms with van der Waals surface area (Å²) < 4.78 is 0. The molecule has 1 N–H and O–H groups in total. The van der Waals surface area contributed by atoms with Crippen LogP contribution in [0.5, 0.6) is 0 Å². The molecule has 0 aromatic carbocycles. The number of anilines is 1. The molecule has 1 aromatic rings. The highest BCUT2D eigenvalue weighted by molar-refractivity contribution is 6.31. The molecule has 0 spiro atoms. The van der Waals surface area contributed by atoms with Gasteiger partial charge in [-0.1, -0.05) is 18.5 Å². The van der Waals surface area contributed by atoms with E-state index in [0.717, 1.165) is 29.4 Å². The molecule has 3 nitrogen and oxygen atoms in total. The Labute approximate surface area is 121 Å². The second-order valence-electron chi connectivity index (χ2n) is 6.01. The Morgan fingerprint density at radius 2 is 2.16 bits per heavy atom. The Morgan fingerprint density at radius 1 is 1.47 bits per heavy atom. The monoisotopic (exact) mass is 281 g/mol. The van der Waals surface area contributed by atoms with E-state index in [-0.39, 0.29) is 5.54 Å².